The number of nitrogens with zero attached hydrogens (tertiary/aromatic N) is 3. The van der Waals surface area contributed by atoms with Gasteiger partial charge in [0.1, 0.15) is 11.9 Å². The first-order valence-corrected chi connectivity index (χ1v) is 22.5. The zero-order valence-electron chi connectivity index (χ0n) is 38.5. The van der Waals surface area contributed by atoms with Gasteiger partial charge in [0.25, 0.3) is 5.56 Å². The number of ether oxygens (including phenoxy) is 4. The molecule has 15 heteroatoms. The van der Waals surface area contributed by atoms with Gasteiger partial charge in [-0.15, -0.1) is 0 Å². The van der Waals surface area contributed by atoms with Crippen molar-refractivity contribution in [3.05, 3.63) is 45.0 Å². The summed E-state index contributed by atoms with van der Waals surface area (Å²) >= 11 is 0. The molecule has 0 spiro atoms. The summed E-state index contributed by atoms with van der Waals surface area (Å²) in [4.78, 5) is 53.6. The fraction of sp³-hybridized carbons (Fsp3) is 0.791. The lowest BCUT2D eigenvalue weighted by Gasteiger charge is -2.24. The van der Waals surface area contributed by atoms with E-state index in [4.69, 9.17) is 24.0 Å². The molecule has 1 aliphatic carbocycles. The van der Waals surface area contributed by atoms with Crippen LogP contribution in [-0.2, 0) is 37.6 Å². The average Bonchev–Trinajstić information content (AvgIpc) is 3.92. The number of H-pyrrole nitrogens is 1. The lowest BCUT2D eigenvalue weighted by atomic mass is 9.87. The number of nitrogens with one attached hydrogen (secondary N) is 1. The predicted molar refractivity (Wildman–Crippen MR) is 230 cm³/mol. The molecule has 2 fully saturated rings. The van der Waals surface area contributed by atoms with Crippen LogP contribution in [0.15, 0.2) is 33.7 Å². The Morgan fingerprint density at radius 2 is 1.64 bits per heavy atom. The largest absolute Gasteiger partial charge is 0.438 e. The van der Waals surface area contributed by atoms with Gasteiger partial charge in [0.05, 0.1) is 30.6 Å². The van der Waals surface area contributed by atoms with Crippen molar-refractivity contribution in [3.8, 4) is 6.07 Å². The summed E-state index contributed by atoms with van der Waals surface area (Å²) in [5.41, 5.74) is -2.33. The number of aromatic amines is 1. The highest BCUT2D eigenvalue weighted by molar-refractivity contribution is 7.62. The second-order valence-corrected chi connectivity index (χ2v) is 19.7. The number of carbonyl (C=O) groups excluding carboxylic acids is 2. The topological polar surface area (TPSA) is 179 Å². The van der Waals surface area contributed by atoms with Crippen LogP contribution in [0.5, 0.6) is 0 Å². The summed E-state index contributed by atoms with van der Waals surface area (Å²) in [6.45, 7) is 25.6. The van der Waals surface area contributed by atoms with Crippen molar-refractivity contribution in [3.63, 3.8) is 0 Å². The van der Waals surface area contributed by atoms with E-state index in [2.05, 4.69) is 49.4 Å². The third kappa shape index (κ3) is 19.9. The third-order valence-corrected chi connectivity index (χ3v) is 12.1. The Hall–Kier alpha value is -2.92. The highest BCUT2D eigenvalue weighted by Gasteiger charge is 2.51. The van der Waals surface area contributed by atoms with Crippen LogP contribution < -0.4 is 11.2 Å². The molecule has 3 rings (SSSR count). The SMILES string of the molecule is CC.CC(C)N(C)C(C)C.COC1C(C2CC2)C(/C=C/P(=O)(CC(C)CCC(=O)C(C)(C)C)OCOC(=O)C(C)(C)C)OC1n1ccc(=O)[nH]c1=O.COCCC#N. The van der Waals surface area contributed by atoms with Crippen LogP contribution in [0.3, 0.4) is 0 Å². The van der Waals surface area contributed by atoms with E-state index in [0.717, 1.165) is 12.8 Å². The molecule has 2 aliphatic rings. The lowest BCUT2D eigenvalue weighted by molar-refractivity contribution is -0.159. The Bertz CT molecular complexity index is 1590. The fourth-order valence-corrected chi connectivity index (χ4v) is 7.83. The second-order valence-electron chi connectivity index (χ2n) is 17.4. The number of Topliss-reactive ketones (excluding diaryl/α,β-unsaturated/α-hetero) is 1. The highest BCUT2D eigenvalue weighted by atomic mass is 31.2. The van der Waals surface area contributed by atoms with E-state index in [0.29, 0.717) is 43.9 Å². The monoisotopic (exact) mass is 841 g/mol. The van der Waals surface area contributed by atoms with Crippen LogP contribution in [-0.4, -0.2) is 91.3 Å². The molecule has 6 unspecified atom stereocenters. The minimum atomic E-state index is -3.52. The molecule has 1 N–H and O–H groups in total. The summed E-state index contributed by atoms with van der Waals surface area (Å²) in [7, 11) is 1.77. The molecule has 334 valence electrons. The van der Waals surface area contributed by atoms with Gasteiger partial charge in [-0.2, -0.15) is 5.26 Å². The highest BCUT2D eigenvalue weighted by Crippen LogP contribution is 2.53. The van der Waals surface area contributed by atoms with Crippen LogP contribution >= 0.6 is 7.37 Å². The molecule has 1 saturated carbocycles. The molecule has 1 saturated heterocycles. The van der Waals surface area contributed by atoms with Crippen molar-refractivity contribution in [1.82, 2.24) is 14.5 Å². The van der Waals surface area contributed by atoms with E-state index < -0.39 is 60.6 Å². The molecule has 1 aromatic heterocycles. The number of ketones is 1. The molecule has 1 aliphatic heterocycles. The quantitative estimate of drug-likeness (QED) is 0.0689. The van der Waals surface area contributed by atoms with Crippen molar-refractivity contribution in [2.24, 2.45) is 28.6 Å². The summed E-state index contributed by atoms with van der Waals surface area (Å²) in [5, 5.41) is 7.87. The van der Waals surface area contributed by atoms with Crippen molar-refractivity contribution in [2.45, 2.75) is 153 Å². The first-order valence-electron chi connectivity index (χ1n) is 20.6. The van der Waals surface area contributed by atoms with Crippen molar-refractivity contribution >= 4 is 19.1 Å². The summed E-state index contributed by atoms with van der Waals surface area (Å²) < 4.78 is 43.2. The molecule has 0 radical (unpaired) electrons. The van der Waals surface area contributed by atoms with Gasteiger partial charge in [0.15, 0.2) is 13.0 Å². The van der Waals surface area contributed by atoms with Gasteiger partial charge < -0.3 is 23.8 Å². The lowest BCUT2D eigenvalue weighted by Crippen LogP contribution is -2.37. The number of carbonyl (C=O) groups is 2. The summed E-state index contributed by atoms with van der Waals surface area (Å²) in [6, 6.07) is 4.54. The molecule has 1 aromatic rings. The molecule has 58 heavy (non-hydrogen) atoms. The van der Waals surface area contributed by atoms with E-state index >= 15 is 0 Å². The average molecular weight is 841 g/mol. The number of methoxy groups -OCH3 is 2. The maximum absolute atomic E-state index is 14.2. The van der Waals surface area contributed by atoms with Crippen molar-refractivity contribution in [2.75, 3.05) is 40.8 Å². The van der Waals surface area contributed by atoms with E-state index in [1.807, 2.05) is 47.6 Å². The second kappa shape index (κ2) is 26.3. The molecular weight excluding hydrogens is 763 g/mol. The Morgan fingerprint density at radius 3 is 2.05 bits per heavy atom. The zero-order chi connectivity index (χ0) is 45.0. The third-order valence-electron chi connectivity index (χ3n) is 9.79. The van der Waals surface area contributed by atoms with Crippen LogP contribution in [0.2, 0.25) is 0 Å². The van der Waals surface area contributed by atoms with Gasteiger partial charge in [0.2, 0.25) is 7.37 Å². The number of rotatable bonds is 17. The Kier molecular flexibility index (Phi) is 25.0. The number of hydrogen-bond acceptors (Lipinski definition) is 12. The Labute approximate surface area is 348 Å². The van der Waals surface area contributed by atoms with E-state index in [-0.39, 0.29) is 23.8 Å². The van der Waals surface area contributed by atoms with Crippen LogP contribution in [0, 0.1) is 39.9 Å². The number of hydrogen-bond donors (Lipinski definition) is 1. The minimum absolute atomic E-state index is 0.118. The molecule has 2 heterocycles. The van der Waals surface area contributed by atoms with Crippen LogP contribution in [0.4, 0.5) is 0 Å². The standard InChI is InChI=1S/C30H47N2O9P.C7H17N.C4H7NO.C2H6/c1-19(9-12-22(33)29(2,3)4)17-42(37,40-18-39-27(35)30(5,6)7)16-14-21-24(20-10-11-20)25(38-8)26(41-21)32-15-13-23(34)31-28(32)36;1-6(2)8(5)7(3)4;1-6-4-2-3-5;1-2/h13-16,19-21,24-26H,9-12,17-18H2,1-8H3,(H,31,34,36);6-7H,1-5H3;2,4H2,1H3;1-2H3/b16-14+;;;. The minimum Gasteiger partial charge on any atom is -0.438 e. The zero-order valence-corrected chi connectivity index (χ0v) is 39.4. The smallest absolute Gasteiger partial charge is 0.330 e. The number of nitriles is 1. The fourth-order valence-electron chi connectivity index (χ4n) is 5.80. The summed E-state index contributed by atoms with van der Waals surface area (Å²) in [6.07, 6.45) is 4.74. The van der Waals surface area contributed by atoms with Gasteiger partial charge in [-0.1, -0.05) is 41.5 Å². The molecule has 0 amide bonds. The normalized spacial score (nSPS) is 20.9. The maximum Gasteiger partial charge on any atom is 0.330 e. The van der Waals surface area contributed by atoms with Crippen LogP contribution in [0.1, 0.15) is 128 Å². The van der Waals surface area contributed by atoms with Gasteiger partial charge in [-0.05, 0) is 98.5 Å². The van der Waals surface area contributed by atoms with Crippen molar-refractivity contribution in [1.29, 1.82) is 5.26 Å². The van der Waals surface area contributed by atoms with Gasteiger partial charge in [-0.25, -0.2) is 4.79 Å². The molecule has 14 nitrogen and oxygen atoms in total. The predicted octanol–water partition coefficient (Wildman–Crippen LogP) is 8.17. The van der Waals surface area contributed by atoms with E-state index in [1.54, 1.807) is 41.1 Å². The first-order chi connectivity index (χ1) is 26.9. The first kappa shape index (κ1) is 55.1. The number of esters is 1. The van der Waals surface area contributed by atoms with Crippen molar-refractivity contribution < 1.29 is 37.6 Å². The van der Waals surface area contributed by atoms with Gasteiger partial charge in [0, 0.05) is 62.5 Å². The maximum atomic E-state index is 14.2. The summed E-state index contributed by atoms with van der Waals surface area (Å²) in [5.74, 6) is 1.21. The Morgan fingerprint density at radius 1 is 1.05 bits per heavy atom. The number of aromatic nitrogens is 2. The van der Waals surface area contributed by atoms with Crippen LogP contribution in [0.25, 0.3) is 0 Å². The Balaban J connectivity index is 0.00000171. The molecule has 6 atom stereocenters. The van der Waals surface area contributed by atoms with E-state index in [9.17, 15) is 23.7 Å². The van der Waals surface area contributed by atoms with E-state index in [1.165, 1.54) is 22.6 Å². The molecule has 0 aromatic carbocycles. The molecule has 0 bridgehead atoms. The van der Waals surface area contributed by atoms with Gasteiger partial charge in [-0.3, -0.25) is 33.0 Å². The molecular formula is C43H77N4O10P. The van der Waals surface area contributed by atoms with Gasteiger partial charge >= 0.3 is 11.7 Å².